The van der Waals surface area contributed by atoms with Crippen molar-refractivity contribution in [2.45, 2.75) is 46.5 Å². The fourth-order valence-electron chi connectivity index (χ4n) is 1.63. The lowest BCUT2D eigenvalue weighted by atomic mass is 10.2. The number of amides is 1. The Kier molecular flexibility index (Phi) is 6.05. The van der Waals surface area contributed by atoms with E-state index in [0.29, 0.717) is 17.8 Å². The number of rotatable bonds is 6. The molecule has 1 N–H and O–H groups in total. The summed E-state index contributed by atoms with van der Waals surface area (Å²) in [6.07, 6.45) is 3.92. The van der Waals surface area contributed by atoms with Crippen LogP contribution in [0.2, 0.25) is 0 Å². The Morgan fingerprint density at radius 2 is 2.16 bits per heavy atom. The molecule has 1 amide bonds. The molecular formula is C13H19FN4O. The Balaban J connectivity index is 2.84. The van der Waals surface area contributed by atoms with Gasteiger partial charge < -0.3 is 5.32 Å². The largest absolute Gasteiger partial charge is 0.310 e. The first-order valence-corrected chi connectivity index (χ1v) is 6.41. The van der Waals surface area contributed by atoms with Gasteiger partial charge in [-0.25, -0.2) is 4.98 Å². The topological polar surface area (TPSA) is 67.2 Å². The molecule has 0 atom stereocenters. The van der Waals surface area contributed by atoms with Crippen molar-refractivity contribution < 1.29 is 9.18 Å². The molecule has 0 radical (unpaired) electrons. The molecule has 1 heterocycles. The van der Waals surface area contributed by atoms with Gasteiger partial charge in [-0.3, -0.25) is 9.79 Å². The van der Waals surface area contributed by atoms with Crippen molar-refractivity contribution in [2.75, 3.05) is 5.32 Å². The van der Waals surface area contributed by atoms with Crippen LogP contribution in [0.25, 0.3) is 0 Å². The lowest BCUT2D eigenvalue weighted by Gasteiger charge is -2.08. The standard InChI is InChI=1S/C13H19FN4O/c1-4-6-7-8-10(19)17-12-11(15-5-2)9(3)16-13(14)18-12/h5H,4,6-8H2,1-3H3,(H,16,17,18,19). The molecule has 0 saturated carbocycles. The van der Waals surface area contributed by atoms with E-state index in [-0.39, 0.29) is 11.7 Å². The van der Waals surface area contributed by atoms with Gasteiger partial charge in [0.05, 0.1) is 5.69 Å². The third-order valence-corrected chi connectivity index (χ3v) is 2.55. The first-order valence-electron chi connectivity index (χ1n) is 6.41. The highest BCUT2D eigenvalue weighted by Crippen LogP contribution is 2.25. The highest BCUT2D eigenvalue weighted by molar-refractivity contribution is 5.92. The average Bonchev–Trinajstić information content (AvgIpc) is 2.34. The highest BCUT2D eigenvalue weighted by Gasteiger charge is 2.13. The maximum absolute atomic E-state index is 13.2. The minimum Gasteiger partial charge on any atom is -0.309 e. The summed E-state index contributed by atoms with van der Waals surface area (Å²) in [5.41, 5.74) is 0.794. The van der Waals surface area contributed by atoms with Crippen LogP contribution in [0.1, 0.15) is 45.2 Å². The van der Waals surface area contributed by atoms with Crippen LogP contribution in [0.4, 0.5) is 15.9 Å². The molecule has 0 aliphatic heterocycles. The number of nitrogens with one attached hydrogen (secondary N) is 1. The first kappa shape index (κ1) is 15.2. The Morgan fingerprint density at radius 3 is 2.79 bits per heavy atom. The molecular weight excluding hydrogens is 247 g/mol. The molecule has 104 valence electrons. The van der Waals surface area contributed by atoms with Crippen molar-refractivity contribution >= 4 is 23.6 Å². The number of aliphatic imine (C=N–C) groups is 1. The van der Waals surface area contributed by atoms with Gasteiger partial charge in [-0.15, -0.1) is 0 Å². The molecule has 0 fully saturated rings. The maximum atomic E-state index is 13.2. The van der Waals surface area contributed by atoms with Crippen molar-refractivity contribution in [2.24, 2.45) is 4.99 Å². The Bertz CT molecular complexity index is 474. The summed E-state index contributed by atoms with van der Waals surface area (Å²) >= 11 is 0. The molecule has 0 spiro atoms. The van der Waals surface area contributed by atoms with Crippen LogP contribution >= 0.6 is 0 Å². The SMILES string of the molecule is CC=Nc1c(C)nc(F)nc1NC(=O)CCCCC. The van der Waals surface area contributed by atoms with E-state index in [1.807, 2.05) is 0 Å². The quantitative estimate of drug-likeness (QED) is 0.488. The number of hydrogen-bond donors (Lipinski definition) is 1. The molecule has 1 rings (SSSR count). The first-order chi connectivity index (χ1) is 9.08. The fraction of sp³-hybridized carbons (Fsp3) is 0.538. The number of carbonyl (C=O) groups is 1. The second-order valence-electron chi connectivity index (χ2n) is 4.17. The summed E-state index contributed by atoms with van der Waals surface area (Å²) in [6.45, 7) is 5.42. The summed E-state index contributed by atoms with van der Waals surface area (Å²) in [4.78, 5) is 23.0. The van der Waals surface area contributed by atoms with E-state index in [1.54, 1.807) is 20.1 Å². The van der Waals surface area contributed by atoms with Gasteiger partial charge in [-0.05, 0) is 20.3 Å². The average molecular weight is 266 g/mol. The van der Waals surface area contributed by atoms with Crippen LogP contribution in [0.15, 0.2) is 4.99 Å². The molecule has 5 nitrogen and oxygen atoms in total. The predicted molar refractivity (Wildman–Crippen MR) is 73.3 cm³/mol. The highest BCUT2D eigenvalue weighted by atomic mass is 19.1. The number of aryl methyl sites for hydroxylation is 1. The second kappa shape index (κ2) is 7.56. The van der Waals surface area contributed by atoms with E-state index in [4.69, 9.17) is 0 Å². The van der Waals surface area contributed by atoms with Gasteiger partial charge in [0.1, 0.15) is 5.69 Å². The zero-order chi connectivity index (χ0) is 14.3. The molecule has 0 bridgehead atoms. The molecule has 1 aromatic rings. The van der Waals surface area contributed by atoms with Crippen molar-refractivity contribution in [3.63, 3.8) is 0 Å². The van der Waals surface area contributed by atoms with Crippen LogP contribution in [-0.2, 0) is 4.79 Å². The molecule has 6 heteroatoms. The Hall–Kier alpha value is -1.85. The normalized spacial score (nSPS) is 10.9. The summed E-state index contributed by atoms with van der Waals surface area (Å²) in [5.74, 6) is -0.0527. The van der Waals surface area contributed by atoms with Crippen molar-refractivity contribution in [3.8, 4) is 0 Å². The number of halogens is 1. The molecule has 1 aromatic heterocycles. The van der Waals surface area contributed by atoms with Crippen LogP contribution in [0.5, 0.6) is 0 Å². The second-order valence-corrected chi connectivity index (χ2v) is 4.17. The molecule has 0 aliphatic carbocycles. The smallest absolute Gasteiger partial charge is 0.309 e. The summed E-state index contributed by atoms with van der Waals surface area (Å²) in [5, 5.41) is 2.59. The number of hydrogen-bond acceptors (Lipinski definition) is 4. The van der Waals surface area contributed by atoms with Gasteiger partial charge in [-0.1, -0.05) is 19.8 Å². The van der Waals surface area contributed by atoms with Crippen LogP contribution in [-0.4, -0.2) is 22.1 Å². The van der Waals surface area contributed by atoms with Gasteiger partial charge in [0.2, 0.25) is 5.91 Å². The fourth-order valence-corrected chi connectivity index (χ4v) is 1.63. The van der Waals surface area contributed by atoms with E-state index in [1.165, 1.54) is 0 Å². The molecule has 0 unspecified atom stereocenters. The molecule has 0 aromatic carbocycles. The Morgan fingerprint density at radius 1 is 1.42 bits per heavy atom. The number of carbonyl (C=O) groups excluding carboxylic acids is 1. The van der Waals surface area contributed by atoms with Gasteiger partial charge in [0.15, 0.2) is 5.82 Å². The molecule has 0 saturated heterocycles. The van der Waals surface area contributed by atoms with E-state index >= 15 is 0 Å². The zero-order valence-electron chi connectivity index (χ0n) is 11.5. The van der Waals surface area contributed by atoms with Crippen LogP contribution in [0.3, 0.4) is 0 Å². The van der Waals surface area contributed by atoms with Gasteiger partial charge in [0.25, 0.3) is 0 Å². The molecule has 0 aliphatic rings. The third-order valence-electron chi connectivity index (χ3n) is 2.55. The number of aromatic nitrogens is 2. The van der Waals surface area contributed by atoms with Crippen molar-refractivity contribution in [3.05, 3.63) is 11.8 Å². The lowest BCUT2D eigenvalue weighted by Crippen LogP contribution is -2.14. The monoisotopic (exact) mass is 266 g/mol. The summed E-state index contributed by atoms with van der Waals surface area (Å²) in [7, 11) is 0. The van der Waals surface area contributed by atoms with E-state index in [2.05, 4.69) is 27.2 Å². The van der Waals surface area contributed by atoms with Crippen molar-refractivity contribution in [1.82, 2.24) is 9.97 Å². The minimum absolute atomic E-state index is 0.129. The number of anilines is 1. The van der Waals surface area contributed by atoms with Crippen LogP contribution in [0, 0.1) is 13.0 Å². The number of nitrogens with zero attached hydrogens (tertiary/aromatic N) is 3. The summed E-state index contributed by atoms with van der Waals surface area (Å²) in [6, 6.07) is 0. The maximum Gasteiger partial charge on any atom is 0.310 e. The van der Waals surface area contributed by atoms with E-state index in [0.717, 1.165) is 19.3 Å². The van der Waals surface area contributed by atoms with Crippen molar-refractivity contribution in [1.29, 1.82) is 0 Å². The van der Waals surface area contributed by atoms with Gasteiger partial charge in [0, 0.05) is 12.6 Å². The van der Waals surface area contributed by atoms with Gasteiger partial charge >= 0.3 is 6.08 Å². The minimum atomic E-state index is -0.864. The van der Waals surface area contributed by atoms with Gasteiger partial charge in [-0.2, -0.15) is 9.37 Å². The van der Waals surface area contributed by atoms with Crippen LogP contribution < -0.4 is 5.32 Å². The van der Waals surface area contributed by atoms with E-state index < -0.39 is 6.08 Å². The number of unbranched alkanes of at least 4 members (excludes halogenated alkanes) is 2. The predicted octanol–water partition coefficient (Wildman–Crippen LogP) is 3.17. The lowest BCUT2D eigenvalue weighted by molar-refractivity contribution is -0.116. The van der Waals surface area contributed by atoms with E-state index in [9.17, 15) is 9.18 Å². The Labute approximate surface area is 112 Å². The zero-order valence-corrected chi connectivity index (χ0v) is 11.5. The summed E-state index contributed by atoms with van der Waals surface area (Å²) < 4.78 is 13.2. The molecule has 19 heavy (non-hydrogen) atoms. The third kappa shape index (κ3) is 4.73.